The molecule has 0 radical (unpaired) electrons. The van der Waals surface area contributed by atoms with Gasteiger partial charge >= 0.3 is 5.97 Å². The number of aliphatic hydroxyl groups is 1. The molecule has 1 aliphatic rings. The third-order valence-corrected chi connectivity index (χ3v) is 4.11. The molecule has 0 aliphatic carbocycles. The summed E-state index contributed by atoms with van der Waals surface area (Å²) in [6.45, 7) is 1.14. The molecule has 2 aromatic carbocycles. The number of carbonyl (C=O) groups excluding carboxylic acids is 1. The van der Waals surface area contributed by atoms with Crippen LogP contribution in [0.5, 0.6) is 0 Å². The first-order valence-corrected chi connectivity index (χ1v) is 7.15. The molecular weight excluding hydrogens is 266 g/mol. The molecule has 0 unspecified atom stereocenters. The molecule has 0 saturated carbocycles. The molecule has 1 heterocycles. The smallest absolute Gasteiger partial charge is 0.323 e. The highest BCUT2D eigenvalue weighted by Crippen LogP contribution is 2.25. The van der Waals surface area contributed by atoms with E-state index in [0.29, 0.717) is 19.5 Å². The minimum Gasteiger partial charge on any atom is -0.468 e. The number of carbonyl (C=O) groups is 1. The zero-order chi connectivity index (χ0) is 14.8. The van der Waals surface area contributed by atoms with Crippen LogP contribution in [0.15, 0.2) is 42.5 Å². The highest BCUT2D eigenvalue weighted by atomic mass is 16.5. The Hall–Kier alpha value is -1.91. The Kier molecular flexibility index (Phi) is 3.90. The number of nitrogens with zero attached hydrogens (tertiary/aromatic N) is 1. The Morgan fingerprint density at radius 1 is 1.29 bits per heavy atom. The molecule has 1 aliphatic heterocycles. The van der Waals surface area contributed by atoms with Crippen molar-refractivity contribution < 1.29 is 14.6 Å². The van der Waals surface area contributed by atoms with Gasteiger partial charge in [-0.1, -0.05) is 42.5 Å². The van der Waals surface area contributed by atoms with E-state index in [1.54, 1.807) is 0 Å². The van der Waals surface area contributed by atoms with Crippen molar-refractivity contribution in [2.45, 2.75) is 25.1 Å². The summed E-state index contributed by atoms with van der Waals surface area (Å²) < 4.78 is 4.85. The number of methoxy groups -OCH3 is 1. The second-order valence-electron chi connectivity index (χ2n) is 5.50. The van der Waals surface area contributed by atoms with Gasteiger partial charge in [0, 0.05) is 19.5 Å². The highest BCUT2D eigenvalue weighted by Gasteiger charge is 2.36. The van der Waals surface area contributed by atoms with Crippen molar-refractivity contribution in [1.29, 1.82) is 0 Å². The summed E-state index contributed by atoms with van der Waals surface area (Å²) in [5.41, 5.74) is 1.16. The molecule has 4 nitrogen and oxygen atoms in total. The van der Waals surface area contributed by atoms with Gasteiger partial charge in [-0.3, -0.25) is 9.69 Å². The average Bonchev–Trinajstić information content (AvgIpc) is 2.87. The van der Waals surface area contributed by atoms with E-state index in [1.807, 2.05) is 23.1 Å². The van der Waals surface area contributed by atoms with Crippen LogP contribution in [-0.2, 0) is 16.1 Å². The van der Waals surface area contributed by atoms with Crippen LogP contribution in [0.1, 0.15) is 12.0 Å². The van der Waals surface area contributed by atoms with Crippen LogP contribution in [0.3, 0.4) is 0 Å². The van der Waals surface area contributed by atoms with Crippen molar-refractivity contribution in [3.63, 3.8) is 0 Å². The summed E-state index contributed by atoms with van der Waals surface area (Å²) in [6, 6.07) is 14.0. The Bertz CT molecular complexity index is 650. The molecule has 0 spiro atoms. The van der Waals surface area contributed by atoms with Gasteiger partial charge in [0.2, 0.25) is 0 Å². The third kappa shape index (κ3) is 2.77. The summed E-state index contributed by atoms with van der Waals surface area (Å²) in [7, 11) is 1.39. The van der Waals surface area contributed by atoms with Crippen LogP contribution >= 0.6 is 0 Å². The summed E-state index contributed by atoms with van der Waals surface area (Å²) in [5.74, 6) is -0.271. The van der Waals surface area contributed by atoms with E-state index >= 15 is 0 Å². The Labute approximate surface area is 123 Å². The lowest BCUT2D eigenvalue weighted by Crippen LogP contribution is -2.36. The largest absolute Gasteiger partial charge is 0.468 e. The third-order valence-electron chi connectivity index (χ3n) is 4.11. The number of benzene rings is 2. The topological polar surface area (TPSA) is 49.8 Å². The van der Waals surface area contributed by atoms with Gasteiger partial charge in [0.25, 0.3) is 0 Å². The molecule has 1 fully saturated rings. The minimum atomic E-state index is -0.468. The number of aliphatic hydroxyl groups excluding tert-OH is 1. The SMILES string of the molecule is COC(=O)[C@@H]1C[C@@H](O)CN1Cc1cccc2ccccc12. The van der Waals surface area contributed by atoms with E-state index in [2.05, 4.69) is 24.3 Å². The molecule has 4 heteroatoms. The van der Waals surface area contributed by atoms with Gasteiger partial charge in [-0.25, -0.2) is 0 Å². The van der Waals surface area contributed by atoms with Gasteiger partial charge in [-0.15, -0.1) is 0 Å². The average molecular weight is 285 g/mol. The van der Waals surface area contributed by atoms with Crippen LogP contribution < -0.4 is 0 Å². The molecule has 2 aromatic rings. The Morgan fingerprint density at radius 2 is 2.05 bits per heavy atom. The van der Waals surface area contributed by atoms with Gasteiger partial charge in [0.15, 0.2) is 0 Å². The number of hydrogen-bond donors (Lipinski definition) is 1. The Balaban J connectivity index is 1.89. The van der Waals surface area contributed by atoms with Gasteiger partial charge in [-0.05, 0) is 16.3 Å². The van der Waals surface area contributed by atoms with Crippen molar-refractivity contribution in [3.05, 3.63) is 48.0 Å². The monoisotopic (exact) mass is 285 g/mol. The van der Waals surface area contributed by atoms with Crippen molar-refractivity contribution in [1.82, 2.24) is 4.90 Å². The standard InChI is InChI=1S/C17H19NO3/c1-21-17(20)16-9-14(19)11-18(16)10-13-7-4-6-12-5-2-3-8-15(12)13/h2-8,14,16,19H,9-11H2,1H3/t14-,16+/m1/s1. The minimum absolute atomic E-state index is 0.271. The van der Waals surface area contributed by atoms with Crippen molar-refractivity contribution in [3.8, 4) is 0 Å². The molecule has 0 bridgehead atoms. The lowest BCUT2D eigenvalue weighted by molar-refractivity contribution is -0.146. The zero-order valence-corrected chi connectivity index (χ0v) is 12.0. The van der Waals surface area contributed by atoms with Gasteiger partial charge in [-0.2, -0.15) is 0 Å². The molecule has 1 saturated heterocycles. The lowest BCUT2D eigenvalue weighted by atomic mass is 10.0. The van der Waals surface area contributed by atoms with E-state index in [1.165, 1.54) is 17.9 Å². The molecule has 21 heavy (non-hydrogen) atoms. The van der Waals surface area contributed by atoms with E-state index in [9.17, 15) is 9.90 Å². The second kappa shape index (κ2) is 5.84. The Morgan fingerprint density at radius 3 is 2.86 bits per heavy atom. The summed E-state index contributed by atoms with van der Waals surface area (Å²) in [5, 5.41) is 12.2. The molecule has 0 amide bonds. The molecule has 0 aromatic heterocycles. The lowest BCUT2D eigenvalue weighted by Gasteiger charge is -2.22. The number of β-amino-alcohol motifs (C(OH)–C–C–N with tert-alkyl or cyclic N) is 1. The number of hydrogen-bond acceptors (Lipinski definition) is 4. The van der Waals surface area contributed by atoms with Crippen molar-refractivity contribution in [2.75, 3.05) is 13.7 Å². The fourth-order valence-electron chi connectivity index (χ4n) is 3.08. The number of esters is 1. The van der Waals surface area contributed by atoms with Gasteiger partial charge in [0.1, 0.15) is 6.04 Å². The number of fused-ring (bicyclic) bond motifs is 1. The van der Waals surface area contributed by atoms with Gasteiger partial charge < -0.3 is 9.84 Å². The first-order chi connectivity index (χ1) is 10.2. The summed E-state index contributed by atoms with van der Waals surface area (Å²) >= 11 is 0. The second-order valence-corrected chi connectivity index (χ2v) is 5.50. The quantitative estimate of drug-likeness (QED) is 0.876. The highest BCUT2D eigenvalue weighted by molar-refractivity contribution is 5.85. The fraction of sp³-hybridized carbons (Fsp3) is 0.353. The van der Waals surface area contributed by atoms with Crippen LogP contribution in [0.25, 0.3) is 10.8 Å². The predicted octanol–water partition coefficient (Wildman–Crippen LogP) is 1.95. The molecular formula is C17H19NO3. The summed E-state index contributed by atoms with van der Waals surface area (Å²) in [6.07, 6.45) is -0.0265. The van der Waals surface area contributed by atoms with Crippen LogP contribution in [0.2, 0.25) is 0 Å². The fourth-order valence-corrected chi connectivity index (χ4v) is 3.08. The predicted molar refractivity (Wildman–Crippen MR) is 80.8 cm³/mol. The normalized spacial score (nSPS) is 22.6. The first kappa shape index (κ1) is 14.0. The van der Waals surface area contributed by atoms with E-state index < -0.39 is 6.10 Å². The van der Waals surface area contributed by atoms with Crippen LogP contribution in [0, 0.1) is 0 Å². The zero-order valence-electron chi connectivity index (χ0n) is 12.0. The van der Waals surface area contributed by atoms with E-state index in [4.69, 9.17) is 4.74 Å². The maximum absolute atomic E-state index is 11.8. The molecule has 3 rings (SSSR count). The maximum atomic E-state index is 11.8. The molecule has 2 atom stereocenters. The number of ether oxygens (including phenoxy) is 1. The van der Waals surface area contributed by atoms with Crippen molar-refractivity contribution in [2.24, 2.45) is 0 Å². The molecule has 110 valence electrons. The summed E-state index contributed by atoms with van der Waals surface area (Å²) in [4.78, 5) is 13.8. The van der Waals surface area contributed by atoms with Crippen molar-refractivity contribution >= 4 is 16.7 Å². The maximum Gasteiger partial charge on any atom is 0.323 e. The van der Waals surface area contributed by atoms with Crippen LogP contribution in [0.4, 0.5) is 0 Å². The number of rotatable bonds is 3. The van der Waals surface area contributed by atoms with E-state index in [0.717, 1.165) is 5.56 Å². The van der Waals surface area contributed by atoms with Gasteiger partial charge in [0.05, 0.1) is 13.2 Å². The van der Waals surface area contributed by atoms with Crippen LogP contribution in [-0.4, -0.2) is 41.8 Å². The first-order valence-electron chi connectivity index (χ1n) is 7.15. The number of likely N-dealkylation sites (tertiary alicyclic amines) is 1. The molecule has 1 N–H and O–H groups in total. The van der Waals surface area contributed by atoms with E-state index in [-0.39, 0.29) is 12.0 Å².